The van der Waals surface area contributed by atoms with E-state index in [-0.39, 0.29) is 17.6 Å². The molecule has 0 heterocycles. The molecule has 0 fully saturated rings. The van der Waals surface area contributed by atoms with E-state index in [1.165, 1.54) is 18.7 Å². The lowest BCUT2D eigenvalue weighted by Crippen LogP contribution is -2.16. The third-order valence-corrected chi connectivity index (χ3v) is 4.85. The molecule has 2 aromatic carbocycles. The Bertz CT molecular complexity index is 754. The Morgan fingerprint density at radius 3 is 2.33 bits per heavy atom. The van der Waals surface area contributed by atoms with Gasteiger partial charge in [0, 0.05) is 22.0 Å². The standard InChI is InChI=1S/C18H19BrN2O2S/c1-11-8-14(19)9-12(2)18(11)21-17(23)10-24-16-7-5-4-6-15(16)20-13(3)22/h4-9H,10H2,1-3H3,(H,20,22)(H,21,23). The maximum absolute atomic E-state index is 12.3. The van der Waals surface area contributed by atoms with E-state index < -0.39 is 0 Å². The molecule has 126 valence electrons. The Morgan fingerprint density at radius 1 is 1.08 bits per heavy atom. The summed E-state index contributed by atoms with van der Waals surface area (Å²) in [6.45, 7) is 5.40. The molecule has 2 N–H and O–H groups in total. The fraction of sp³-hybridized carbons (Fsp3) is 0.222. The maximum atomic E-state index is 12.3. The van der Waals surface area contributed by atoms with Crippen LogP contribution in [0.1, 0.15) is 18.1 Å². The summed E-state index contributed by atoms with van der Waals surface area (Å²) in [6.07, 6.45) is 0. The Labute approximate surface area is 154 Å². The molecule has 0 aliphatic rings. The number of carbonyl (C=O) groups is 2. The van der Waals surface area contributed by atoms with Crippen molar-refractivity contribution < 1.29 is 9.59 Å². The van der Waals surface area contributed by atoms with E-state index in [4.69, 9.17) is 0 Å². The summed E-state index contributed by atoms with van der Waals surface area (Å²) in [5, 5.41) is 5.74. The van der Waals surface area contributed by atoms with Crippen molar-refractivity contribution in [1.82, 2.24) is 0 Å². The summed E-state index contributed by atoms with van der Waals surface area (Å²) in [5.41, 5.74) is 3.59. The number of hydrogen-bond acceptors (Lipinski definition) is 3. The van der Waals surface area contributed by atoms with Crippen molar-refractivity contribution in [2.24, 2.45) is 0 Å². The van der Waals surface area contributed by atoms with Crippen LogP contribution in [-0.4, -0.2) is 17.6 Å². The summed E-state index contributed by atoms with van der Waals surface area (Å²) in [7, 11) is 0. The van der Waals surface area contributed by atoms with Gasteiger partial charge in [0.25, 0.3) is 0 Å². The quantitative estimate of drug-likeness (QED) is 0.703. The largest absolute Gasteiger partial charge is 0.325 e. The number of nitrogens with one attached hydrogen (secondary N) is 2. The molecule has 0 aromatic heterocycles. The lowest BCUT2D eigenvalue weighted by molar-refractivity contribution is -0.114. The number of carbonyl (C=O) groups excluding carboxylic acids is 2. The first-order chi connectivity index (χ1) is 11.4. The van der Waals surface area contributed by atoms with Crippen molar-refractivity contribution in [2.45, 2.75) is 25.7 Å². The minimum absolute atomic E-state index is 0.0776. The zero-order chi connectivity index (χ0) is 17.7. The average molecular weight is 407 g/mol. The maximum Gasteiger partial charge on any atom is 0.234 e. The molecule has 0 saturated heterocycles. The zero-order valence-corrected chi connectivity index (χ0v) is 16.2. The van der Waals surface area contributed by atoms with Gasteiger partial charge in [-0.05, 0) is 49.2 Å². The van der Waals surface area contributed by atoms with Gasteiger partial charge in [0.15, 0.2) is 0 Å². The molecule has 2 rings (SSSR count). The van der Waals surface area contributed by atoms with E-state index in [0.717, 1.165) is 31.9 Å². The number of rotatable bonds is 5. The summed E-state index contributed by atoms with van der Waals surface area (Å²) >= 11 is 4.85. The number of thioether (sulfide) groups is 1. The third kappa shape index (κ3) is 5.11. The van der Waals surface area contributed by atoms with Crippen molar-refractivity contribution in [3.8, 4) is 0 Å². The summed E-state index contributed by atoms with van der Waals surface area (Å²) < 4.78 is 0.995. The van der Waals surface area contributed by atoms with Gasteiger partial charge in [-0.15, -0.1) is 11.8 Å². The van der Waals surface area contributed by atoms with Crippen LogP contribution in [0.25, 0.3) is 0 Å². The number of anilines is 2. The molecule has 0 aliphatic heterocycles. The lowest BCUT2D eigenvalue weighted by Gasteiger charge is -2.13. The summed E-state index contributed by atoms with van der Waals surface area (Å²) in [4.78, 5) is 24.4. The van der Waals surface area contributed by atoms with Gasteiger partial charge in [-0.25, -0.2) is 0 Å². The molecule has 4 nitrogen and oxygen atoms in total. The molecule has 0 radical (unpaired) electrons. The van der Waals surface area contributed by atoms with Crippen LogP contribution in [0, 0.1) is 13.8 Å². The molecule has 24 heavy (non-hydrogen) atoms. The first kappa shape index (κ1) is 18.5. The Balaban J connectivity index is 2.03. The van der Waals surface area contributed by atoms with E-state index >= 15 is 0 Å². The smallest absolute Gasteiger partial charge is 0.234 e. The van der Waals surface area contributed by atoms with Gasteiger partial charge in [0.2, 0.25) is 11.8 Å². The fourth-order valence-corrected chi connectivity index (χ4v) is 3.81. The summed E-state index contributed by atoms with van der Waals surface area (Å²) in [5.74, 6) is 0.0608. The van der Waals surface area contributed by atoms with Crippen molar-refractivity contribution in [3.05, 3.63) is 52.0 Å². The molecule has 0 saturated carbocycles. The molecular weight excluding hydrogens is 388 g/mol. The molecule has 2 aromatic rings. The second kappa shape index (κ2) is 8.35. The van der Waals surface area contributed by atoms with Crippen LogP contribution in [0.5, 0.6) is 0 Å². The Morgan fingerprint density at radius 2 is 1.71 bits per heavy atom. The van der Waals surface area contributed by atoms with Gasteiger partial charge in [0.1, 0.15) is 0 Å². The molecule has 0 spiro atoms. The zero-order valence-electron chi connectivity index (χ0n) is 13.8. The van der Waals surface area contributed by atoms with Crippen LogP contribution in [0.2, 0.25) is 0 Å². The van der Waals surface area contributed by atoms with Gasteiger partial charge < -0.3 is 10.6 Å². The topological polar surface area (TPSA) is 58.2 Å². The van der Waals surface area contributed by atoms with Crippen LogP contribution < -0.4 is 10.6 Å². The van der Waals surface area contributed by atoms with Crippen molar-refractivity contribution in [2.75, 3.05) is 16.4 Å². The highest BCUT2D eigenvalue weighted by Gasteiger charge is 2.11. The van der Waals surface area contributed by atoms with Crippen molar-refractivity contribution in [1.29, 1.82) is 0 Å². The van der Waals surface area contributed by atoms with Crippen LogP contribution >= 0.6 is 27.7 Å². The highest BCUT2D eigenvalue weighted by atomic mass is 79.9. The number of aryl methyl sites for hydroxylation is 2. The first-order valence-corrected chi connectivity index (χ1v) is 9.20. The van der Waals surface area contributed by atoms with E-state index in [2.05, 4.69) is 26.6 Å². The minimum Gasteiger partial charge on any atom is -0.325 e. The normalized spacial score (nSPS) is 10.3. The molecule has 0 aliphatic carbocycles. The van der Waals surface area contributed by atoms with Crippen LogP contribution in [-0.2, 0) is 9.59 Å². The van der Waals surface area contributed by atoms with Gasteiger partial charge in [-0.2, -0.15) is 0 Å². The third-order valence-electron chi connectivity index (χ3n) is 3.32. The van der Waals surface area contributed by atoms with E-state index in [1.807, 2.05) is 50.2 Å². The Hall–Kier alpha value is -1.79. The monoisotopic (exact) mass is 406 g/mol. The van der Waals surface area contributed by atoms with Gasteiger partial charge >= 0.3 is 0 Å². The predicted octanol–water partition coefficient (Wildman–Crippen LogP) is 4.76. The highest BCUT2D eigenvalue weighted by Crippen LogP contribution is 2.28. The average Bonchev–Trinajstić information content (AvgIpc) is 2.49. The second-order valence-corrected chi connectivity index (χ2v) is 7.36. The molecule has 0 unspecified atom stereocenters. The van der Waals surface area contributed by atoms with Crippen molar-refractivity contribution in [3.63, 3.8) is 0 Å². The number of para-hydroxylation sites is 1. The van der Waals surface area contributed by atoms with Gasteiger partial charge in [-0.3, -0.25) is 9.59 Å². The molecule has 2 amide bonds. The predicted molar refractivity (Wildman–Crippen MR) is 104 cm³/mol. The number of hydrogen-bond donors (Lipinski definition) is 2. The number of halogens is 1. The first-order valence-electron chi connectivity index (χ1n) is 7.43. The second-order valence-electron chi connectivity index (χ2n) is 5.43. The SMILES string of the molecule is CC(=O)Nc1ccccc1SCC(=O)Nc1c(C)cc(Br)cc1C. The molecule has 0 atom stereocenters. The van der Waals surface area contributed by atoms with Crippen LogP contribution in [0.15, 0.2) is 45.8 Å². The Kier molecular flexibility index (Phi) is 6.45. The number of amides is 2. The lowest BCUT2D eigenvalue weighted by atomic mass is 10.1. The van der Waals surface area contributed by atoms with Crippen LogP contribution in [0.4, 0.5) is 11.4 Å². The molecule has 0 bridgehead atoms. The number of benzene rings is 2. The van der Waals surface area contributed by atoms with E-state index in [0.29, 0.717) is 0 Å². The van der Waals surface area contributed by atoms with E-state index in [1.54, 1.807) is 0 Å². The summed E-state index contributed by atoms with van der Waals surface area (Å²) in [6, 6.07) is 11.4. The van der Waals surface area contributed by atoms with Crippen LogP contribution in [0.3, 0.4) is 0 Å². The highest BCUT2D eigenvalue weighted by molar-refractivity contribution is 9.10. The fourth-order valence-electron chi connectivity index (χ4n) is 2.31. The molecular formula is C18H19BrN2O2S. The van der Waals surface area contributed by atoms with Gasteiger partial charge in [0.05, 0.1) is 11.4 Å². The van der Waals surface area contributed by atoms with Crippen molar-refractivity contribution >= 4 is 50.9 Å². The van der Waals surface area contributed by atoms with E-state index in [9.17, 15) is 9.59 Å². The van der Waals surface area contributed by atoms with Gasteiger partial charge in [-0.1, -0.05) is 28.1 Å². The minimum atomic E-state index is -0.131. The molecule has 6 heteroatoms.